The minimum atomic E-state index is -0.510. The van der Waals surface area contributed by atoms with Gasteiger partial charge < -0.3 is 24.6 Å². The van der Waals surface area contributed by atoms with E-state index in [9.17, 15) is 4.79 Å². The Kier molecular flexibility index (Phi) is 8.60. The van der Waals surface area contributed by atoms with Crippen LogP contribution in [0.5, 0.6) is 5.75 Å². The number of rotatable bonds is 9. The lowest BCUT2D eigenvalue weighted by atomic mass is 10.1. The molecule has 0 saturated carbocycles. The number of anilines is 2. The molecule has 0 bridgehead atoms. The first-order chi connectivity index (χ1) is 18.7. The van der Waals surface area contributed by atoms with Gasteiger partial charge in [0, 0.05) is 55.0 Å². The van der Waals surface area contributed by atoms with Gasteiger partial charge in [0.2, 0.25) is 5.95 Å². The molecular weight excluding hydrogens is 500 g/mol. The van der Waals surface area contributed by atoms with Gasteiger partial charge >= 0.3 is 6.09 Å². The largest absolute Gasteiger partial charge is 0.496 e. The van der Waals surface area contributed by atoms with Crippen LogP contribution in [0.25, 0.3) is 21.5 Å². The van der Waals surface area contributed by atoms with Crippen molar-refractivity contribution in [2.24, 2.45) is 5.11 Å². The molecule has 39 heavy (non-hydrogen) atoms. The summed E-state index contributed by atoms with van der Waals surface area (Å²) in [5.74, 6) is 1.34. The van der Waals surface area contributed by atoms with E-state index in [0.717, 1.165) is 36.4 Å². The Hall–Kier alpha value is -4.25. The lowest BCUT2D eigenvalue weighted by Gasteiger charge is -2.37. The first-order valence-corrected chi connectivity index (χ1v) is 13.1. The average molecular weight is 537 g/mol. The number of unbranched alkanes of at least 4 members (excludes halogenated alkanes) is 1. The van der Waals surface area contributed by atoms with Crippen molar-refractivity contribution in [2.75, 3.05) is 50.1 Å². The molecule has 13 heteroatoms. The number of aromatic nitrogens is 4. The van der Waals surface area contributed by atoms with E-state index in [2.05, 4.69) is 43.2 Å². The zero-order valence-corrected chi connectivity index (χ0v) is 23.2. The maximum atomic E-state index is 12.4. The number of carbonyl (C=O) groups is 1. The Morgan fingerprint density at radius 2 is 1.97 bits per heavy atom. The summed E-state index contributed by atoms with van der Waals surface area (Å²) in [7, 11) is 1.65. The Balaban J connectivity index is 1.49. The maximum absolute atomic E-state index is 12.4. The first kappa shape index (κ1) is 27.8. The van der Waals surface area contributed by atoms with Crippen molar-refractivity contribution in [1.29, 1.82) is 0 Å². The van der Waals surface area contributed by atoms with E-state index < -0.39 is 5.60 Å². The van der Waals surface area contributed by atoms with Gasteiger partial charge in [0.1, 0.15) is 16.9 Å². The predicted molar refractivity (Wildman–Crippen MR) is 150 cm³/mol. The van der Waals surface area contributed by atoms with Crippen LogP contribution in [0.2, 0.25) is 0 Å². The minimum absolute atomic E-state index is 0.0530. The summed E-state index contributed by atoms with van der Waals surface area (Å²) in [5.41, 5.74) is 11.5. The van der Waals surface area contributed by atoms with Gasteiger partial charge in [-0.25, -0.2) is 14.8 Å². The Labute approximate surface area is 227 Å². The molecule has 1 amide bonds. The molecule has 4 rings (SSSR count). The average Bonchev–Trinajstić information content (AvgIpc) is 3.31. The zero-order chi connectivity index (χ0) is 28.0. The van der Waals surface area contributed by atoms with Gasteiger partial charge in [-0.1, -0.05) is 19.4 Å². The van der Waals surface area contributed by atoms with Crippen LogP contribution >= 0.6 is 0 Å². The molecule has 3 aromatic rings. The second kappa shape index (κ2) is 12.1. The molecule has 208 valence electrons. The topological polar surface area (TPSA) is 146 Å². The number of piperazine rings is 1. The molecule has 1 aliphatic rings. The van der Waals surface area contributed by atoms with E-state index in [1.807, 2.05) is 39.1 Å². The Morgan fingerprint density at radius 3 is 2.64 bits per heavy atom. The van der Waals surface area contributed by atoms with Gasteiger partial charge in [-0.3, -0.25) is 4.68 Å². The van der Waals surface area contributed by atoms with Crippen LogP contribution in [0, 0.1) is 0 Å². The summed E-state index contributed by atoms with van der Waals surface area (Å²) in [6, 6.07) is 6.10. The summed E-state index contributed by atoms with van der Waals surface area (Å²) in [5, 5.41) is 11.6. The molecule has 0 aliphatic carbocycles. The van der Waals surface area contributed by atoms with Gasteiger partial charge in [-0.05, 0) is 43.9 Å². The third-order valence-corrected chi connectivity index (χ3v) is 6.26. The predicted octanol–water partition coefficient (Wildman–Crippen LogP) is 5.09. The molecule has 1 aromatic carbocycles. The standard InChI is InChI=1S/C26H36N10O3/c1-6-7-10-28-23-22-20(29-24(30-23)31-33-27)17-36(32-22)16-18-8-9-19(15-21(18)38-5)34-11-13-35(14-12-34)25(37)39-26(2,3)4/h8-9,15,17H,6-7,10-14,16H2,1-5H3,(H,28,29,30). The van der Waals surface area contributed by atoms with E-state index in [0.29, 0.717) is 49.6 Å². The second-order valence-electron chi connectivity index (χ2n) is 10.4. The molecule has 0 unspecified atom stereocenters. The van der Waals surface area contributed by atoms with Crippen LogP contribution in [0.15, 0.2) is 29.5 Å². The third-order valence-electron chi connectivity index (χ3n) is 6.26. The smallest absolute Gasteiger partial charge is 0.410 e. The number of nitrogens with zero attached hydrogens (tertiary/aromatic N) is 9. The van der Waals surface area contributed by atoms with Crippen LogP contribution in [0.4, 0.5) is 22.2 Å². The number of hydrogen-bond acceptors (Lipinski definition) is 9. The van der Waals surface area contributed by atoms with Gasteiger partial charge in [0.25, 0.3) is 0 Å². The Bertz CT molecular complexity index is 1350. The van der Waals surface area contributed by atoms with Crippen molar-refractivity contribution >= 4 is 34.6 Å². The summed E-state index contributed by atoms with van der Waals surface area (Å²) < 4.78 is 13.0. The van der Waals surface area contributed by atoms with Gasteiger partial charge in [-0.15, -0.1) is 0 Å². The number of methoxy groups -OCH3 is 1. The highest BCUT2D eigenvalue weighted by Gasteiger charge is 2.26. The minimum Gasteiger partial charge on any atom is -0.496 e. The number of ether oxygens (including phenoxy) is 2. The van der Waals surface area contributed by atoms with Gasteiger partial charge in [0.05, 0.1) is 19.9 Å². The molecule has 0 spiro atoms. The van der Waals surface area contributed by atoms with Crippen LogP contribution in [0.3, 0.4) is 0 Å². The molecule has 1 aliphatic heterocycles. The highest BCUT2D eigenvalue weighted by atomic mass is 16.6. The molecule has 1 saturated heterocycles. The van der Waals surface area contributed by atoms with E-state index in [1.54, 1.807) is 16.7 Å². The van der Waals surface area contributed by atoms with E-state index in [4.69, 9.17) is 20.1 Å². The summed E-state index contributed by atoms with van der Waals surface area (Å²) in [6.45, 7) is 11.5. The number of hydrogen-bond donors (Lipinski definition) is 1. The van der Waals surface area contributed by atoms with E-state index in [-0.39, 0.29) is 12.0 Å². The summed E-state index contributed by atoms with van der Waals surface area (Å²) >= 11 is 0. The third kappa shape index (κ3) is 6.99. The second-order valence-corrected chi connectivity index (χ2v) is 10.4. The van der Waals surface area contributed by atoms with E-state index >= 15 is 0 Å². The van der Waals surface area contributed by atoms with Gasteiger partial charge in [-0.2, -0.15) is 5.10 Å². The van der Waals surface area contributed by atoms with Crippen molar-refractivity contribution in [1.82, 2.24) is 24.6 Å². The zero-order valence-electron chi connectivity index (χ0n) is 23.2. The van der Waals surface area contributed by atoms with Crippen molar-refractivity contribution in [3.63, 3.8) is 0 Å². The SMILES string of the molecule is CCCCNc1nc(N=[N+]=[N-])nc2cn(Cc3ccc(N4CCN(C(=O)OC(C)(C)C)CC4)cc3OC)nc12. The molecule has 0 radical (unpaired) electrons. The normalized spacial score (nSPS) is 13.8. The molecule has 13 nitrogen and oxygen atoms in total. The molecule has 1 fully saturated rings. The fraction of sp³-hybridized carbons (Fsp3) is 0.538. The molecule has 0 atom stereocenters. The van der Waals surface area contributed by atoms with Crippen LogP contribution < -0.4 is 15.0 Å². The van der Waals surface area contributed by atoms with E-state index in [1.165, 1.54) is 0 Å². The number of benzene rings is 1. The highest BCUT2D eigenvalue weighted by molar-refractivity contribution is 5.85. The van der Waals surface area contributed by atoms with Crippen LogP contribution in [0.1, 0.15) is 46.1 Å². The quantitative estimate of drug-likeness (QED) is 0.172. The number of carbonyl (C=O) groups excluding carboxylic acids is 1. The molecule has 3 heterocycles. The lowest BCUT2D eigenvalue weighted by molar-refractivity contribution is 0.0240. The first-order valence-electron chi connectivity index (χ1n) is 13.1. The molecule has 2 aromatic heterocycles. The Morgan fingerprint density at radius 1 is 1.21 bits per heavy atom. The fourth-order valence-electron chi connectivity index (χ4n) is 4.33. The monoisotopic (exact) mass is 536 g/mol. The van der Waals surface area contributed by atoms with Crippen molar-refractivity contribution in [2.45, 2.75) is 52.7 Å². The van der Waals surface area contributed by atoms with Crippen LogP contribution in [-0.4, -0.2) is 76.2 Å². The highest BCUT2D eigenvalue weighted by Crippen LogP contribution is 2.29. The number of azide groups is 1. The summed E-state index contributed by atoms with van der Waals surface area (Å²) in [4.78, 5) is 27.9. The molecular formula is C26H36N10O3. The number of fused-ring (bicyclic) bond motifs is 1. The fourth-order valence-corrected chi connectivity index (χ4v) is 4.33. The van der Waals surface area contributed by atoms with Crippen LogP contribution in [-0.2, 0) is 11.3 Å². The summed E-state index contributed by atoms with van der Waals surface area (Å²) in [6.07, 6.45) is 3.54. The van der Waals surface area contributed by atoms with Crippen molar-refractivity contribution < 1.29 is 14.3 Å². The maximum Gasteiger partial charge on any atom is 0.410 e. The van der Waals surface area contributed by atoms with Crippen molar-refractivity contribution in [3.05, 3.63) is 40.4 Å². The number of nitrogens with one attached hydrogen (secondary N) is 1. The number of amides is 1. The van der Waals surface area contributed by atoms with Gasteiger partial charge in [0.15, 0.2) is 11.3 Å². The van der Waals surface area contributed by atoms with Crippen molar-refractivity contribution in [3.8, 4) is 5.75 Å². The molecule has 1 N–H and O–H groups in total. The lowest BCUT2D eigenvalue weighted by Crippen LogP contribution is -2.50.